The highest BCUT2D eigenvalue weighted by Crippen LogP contribution is 2.34. The molecule has 1 N–H and O–H groups in total. The predicted molar refractivity (Wildman–Crippen MR) is 89.5 cm³/mol. The second kappa shape index (κ2) is 6.48. The topological polar surface area (TPSA) is 53.4 Å². The molecule has 2 aromatic heterocycles. The molecule has 4 nitrogen and oxygen atoms in total. The van der Waals surface area contributed by atoms with Gasteiger partial charge >= 0.3 is 5.97 Å². The minimum Gasteiger partial charge on any atom is -0.481 e. The zero-order valence-corrected chi connectivity index (χ0v) is 14.1. The van der Waals surface area contributed by atoms with E-state index in [-0.39, 0.29) is 6.42 Å². The van der Waals surface area contributed by atoms with Crippen molar-refractivity contribution in [1.82, 2.24) is 9.88 Å². The highest BCUT2D eigenvalue weighted by atomic mass is 32.2. The van der Waals surface area contributed by atoms with Crippen molar-refractivity contribution < 1.29 is 9.90 Å². The number of aromatic nitrogens is 1. The van der Waals surface area contributed by atoms with E-state index in [1.165, 1.54) is 17.1 Å². The Morgan fingerprint density at radius 1 is 1.52 bits per heavy atom. The summed E-state index contributed by atoms with van der Waals surface area (Å²) in [4.78, 5) is 19.8. The standard InChI is InChI=1S/C14H16N2O2S3/c1-16-4-5-19-8-11(16)14-15-10(7-20-14)12-3-2-9(21-12)6-13(17)18/h2-3,7,11H,4-6,8H2,1H3,(H,17,18). The predicted octanol–water partition coefficient (Wildman–Crippen LogP) is 3.22. The van der Waals surface area contributed by atoms with Gasteiger partial charge in [-0.1, -0.05) is 0 Å². The third-order valence-corrected chi connectivity index (χ3v) is 6.52. The molecule has 1 fully saturated rings. The van der Waals surface area contributed by atoms with Gasteiger partial charge < -0.3 is 5.11 Å². The van der Waals surface area contributed by atoms with Crippen molar-refractivity contribution in [2.75, 3.05) is 25.1 Å². The SMILES string of the molecule is CN1CCSCC1c1nc(-c2ccc(CC(=O)O)s2)cs1. The lowest BCUT2D eigenvalue weighted by atomic mass is 10.3. The summed E-state index contributed by atoms with van der Waals surface area (Å²) in [5.41, 5.74) is 0.973. The number of hydrogen-bond donors (Lipinski definition) is 1. The number of hydrogen-bond acceptors (Lipinski definition) is 6. The van der Waals surface area contributed by atoms with Crippen LogP contribution in [0.5, 0.6) is 0 Å². The number of thioether (sulfide) groups is 1. The zero-order valence-electron chi connectivity index (χ0n) is 11.6. The van der Waals surface area contributed by atoms with Gasteiger partial charge in [0.2, 0.25) is 0 Å². The van der Waals surface area contributed by atoms with Crippen molar-refractivity contribution in [2.24, 2.45) is 0 Å². The van der Waals surface area contributed by atoms with E-state index >= 15 is 0 Å². The first kappa shape index (κ1) is 15.0. The highest BCUT2D eigenvalue weighted by Gasteiger charge is 2.24. The molecule has 0 amide bonds. The first-order chi connectivity index (χ1) is 10.1. The zero-order chi connectivity index (χ0) is 14.8. The molecule has 0 bridgehead atoms. The van der Waals surface area contributed by atoms with Crippen molar-refractivity contribution in [3.63, 3.8) is 0 Å². The molecule has 7 heteroatoms. The van der Waals surface area contributed by atoms with Crippen LogP contribution >= 0.6 is 34.4 Å². The fourth-order valence-corrected chi connectivity index (χ4v) is 5.60. The smallest absolute Gasteiger partial charge is 0.308 e. The van der Waals surface area contributed by atoms with Crippen LogP contribution in [0.1, 0.15) is 15.9 Å². The van der Waals surface area contributed by atoms with E-state index in [4.69, 9.17) is 10.1 Å². The molecule has 0 aromatic carbocycles. The Bertz CT molecular complexity index is 638. The van der Waals surface area contributed by atoms with Gasteiger partial charge in [-0.05, 0) is 19.2 Å². The maximum atomic E-state index is 10.7. The Kier molecular flexibility index (Phi) is 4.63. The number of rotatable bonds is 4. The van der Waals surface area contributed by atoms with Crippen molar-refractivity contribution >= 4 is 40.4 Å². The van der Waals surface area contributed by atoms with Crippen LogP contribution in [0.25, 0.3) is 10.6 Å². The van der Waals surface area contributed by atoms with Gasteiger partial charge in [0, 0.05) is 28.3 Å². The van der Waals surface area contributed by atoms with Gasteiger partial charge in [-0.2, -0.15) is 11.8 Å². The van der Waals surface area contributed by atoms with E-state index in [1.54, 1.807) is 11.3 Å². The third kappa shape index (κ3) is 3.48. The minimum atomic E-state index is -0.789. The number of carboxylic acids is 1. The Morgan fingerprint density at radius 3 is 3.14 bits per heavy atom. The number of nitrogens with zero attached hydrogens (tertiary/aromatic N) is 2. The van der Waals surface area contributed by atoms with Crippen LogP contribution in [0.4, 0.5) is 0 Å². The van der Waals surface area contributed by atoms with Crippen LogP contribution in [0, 0.1) is 0 Å². The lowest BCUT2D eigenvalue weighted by molar-refractivity contribution is -0.136. The van der Waals surface area contributed by atoms with E-state index in [1.807, 2.05) is 23.9 Å². The van der Waals surface area contributed by atoms with Gasteiger partial charge in [-0.3, -0.25) is 9.69 Å². The normalized spacial score (nSPS) is 19.8. The maximum absolute atomic E-state index is 10.7. The summed E-state index contributed by atoms with van der Waals surface area (Å²) in [6.45, 7) is 1.10. The van der Waals surface area contributed by atoms with Crippen molar-refractivity contribution in [2.45, 2.75) is 12.5 Å². The molecule has 2 aromatic rings. The molecule has 0 saturated carbocycles. The van der Waals surface area contributed by atoms with E-state index in [2.05, 4.69) is 17.3 Å². The summed E-state index contributed by atoms with van der Waals surface area (Å²) in [6, 6.07) is 4.26. The number of carboxylic acid groups (broad SMARTS) is 1. The molecule has 1 aliphatic heterocycles. The van der Waals surface area contributed by atoms with E-state index < -0.39 is 5.97 Å². The summed E-state index contributed by atoms with van der Waals surface area (Å²) >= 11 is 5.20. The van der Waals surface area contributed by atoms with E-state index in [0.29, 0.717) is 6.04 Å². The largest absolute Gasteiger partial charge is 0.481 e. The summed E-state index contributed by atoms with van der Waals surface area (Å²) in [7, 11) is 2.15. The maximum Gasteiger partial charge on any atom is 0.308 e. The van der Waals surface area contributed by atoms with Crippen molar-refractivity contribution in [1.29, 1.82) is 0 Å². The van der Waals surface area contributed by atoms with Crippen LogP contribution in [-0.2, 0) is 11.2 Å². The average Bonchev–Trinajstić information content (AvgIpc) is 3.07. The Hall–Kier alpha value is -0.890. The molecule has 3 heterocycles. The first-order valence-electron chi connectivity index (χ1n) is 6.68. The summed E-state index contributed by atoms with van der Waals surface area (Å²) in [6.07, 6.45) is 0.0870. The molecule has 1 unspecified atom stereocenters. The fourth-order valence-electron chi connectivity index (χ4n) is 2.26. The van der Waals surface area contributed by atoms with Gasteiger partial charge in [-0.25, -0.2) is 4.98 Å². The van der Waals surface area contributed by atoms with Gasteiger partial charge in [0.15, 0.2) is 0 Å². The Morgan fingerprint density at radius 2 is 2.38 bits per heavy atom. The molecule has 0 radical (unpaired) electrons. The third-order valence-electron chi connectivity index (χ3n) is 3.44. The van der Waals surface area contributed by atoms with Crippen molar-refractivity contribution in [3.8, 4) is 10.6 Å². The van der Waals surface area contributed by atoms with Crippen LogP contribution in [-0.4, -0.2) is 46.1 Å². The van der Waals surface area contributed by atoms with Crippen molar-refractivity contribution in [3.05, 3.63) is 27.4 Å². The molecule has 0 spiro atoms. The summed E-state index contributed by atoms with van der Waals surface area (Å²) in [5, 5.41) is 12.1. The van der Waals surface area contributed by atoms with Gasteiger partial charge in [-0.15, -0.1) is 22.7 Å². The van der Waals surface area contributed by atoms with Gasteiger partial charge in [0.05, 0.1) is 23.0 Å². The molecule has 1 saturated heterocycles. The Labute approximate surface area is 135 Å². The monoisotopic (exact) mass is 340 g/mol. The summed E-state index contributed by atoms with van der Waals surface area (Å²) in [5.74, 6) is 1.50. The van der Waals surface area contributed by atoms with Gasteiger partial charge in [0.1, 0.15) is 5.01 Å². The average molecular weight is 340 g/mol. The number of thiophene rings is 1. The van der Waals surface area contributed by atoms with Gasteiger partial charge in [0.25, 0.3) is 0 Å². The molecular formula is C14H16N2O2S3. The lowest BCUT2D eigenvalue weighted by Gasteiger charge is -2.30. The van der Waals surface area contributed by atoms with Crippen LogP contribution in [0.2, 0.25) is 0 Å². The van der Waals surface area contributed by atoms with E-state index in [9.17, 15) is 4.79 Å². The van der Waals surface area contributed by atoms with Crippen LogP contribution in [0.3, 0.4) is 0 Å². The quantitative estimate of drug-likeness (QED) is 0.926. The van der Waals surface area contributed by atoms with E-state index in [0.717, 1.165) is 32.8 Å². The van der Waals surface area contributed by atoms with Crippen LogP contribution < -0.4 is 0 Å². The molecule has 112 valence electrons. The first-order valence-corrected chi connectivity index (χ1v) is 9.53. The fraction of sp³-hybridized carbons (Fsp3) is 0.429. The molecule has 3 rings (SSSR count). The second-order valence-electron chi connectivity index (χ2n) is 4.98. The molecule has 0 aliphatic carbocycles. The molecular weight excluding hydrogens is 324 g/mol. The second-order valence-corrected chi connectivity index (χ2v) is 8.19. The lowest BCUT2D eigenvalue weighted by Crippen LogP contribution is -2.32. The summed E-state index contributed by atoms with van der Waals surface area (Å²) < 4.78 is 0. The Balaban J connectivity index is 1.78. The molecule has 1 atom stereocenters. The number of carbonyl (C=O) groups is 1. The number of aliphatic carboxylic acids is 1. The number of thiazole rings is 1. The molecule has 1 aliphatic rings. The molecule has 21 heavy (non-hydrogen) atoms. The highest BCUT2D eigenvalue weighted by molar-refractivity contribution is 7.99. The minimum absolute atomic E-state index is 0.0870. The van der Waals surface area contributed by atoms with Crippen LogP contribution in [0.15, 0.2) is 17.5 Å².